The predicted octanol–water partition coefficient (Wildman–Crippen LogP) is 8.55. The van der Waals surface area contributed by atoms with Crippen LogP contribution in [-0.2, 0) is 4.79 Å². The summed E-state index contributed by atoms with van der Waals surface area (Å²) in [4.78, 5) is 35.9. The Morgan fingerprint density at radius 1 is 1.06 bits per heavy atom. The smallest absolute Gasteiger partial charge is 0.406 e. The molecular weight excluding hydrogens is 653 g/mol. The number of nitrogens with zero attached hydrogens (tertiary/aromatic N) is 5. The van der Waals surface area contributed by atoms with Crippen molar-refractivity contribution in [2.24, 2.45) is 4.99 Å². The zero-order valence-corrected chi connectivity index (χ0v) is 28.5. The van der Waals surface area contributed by atoms with Crippen LogP contribution in [-0.4, -0.2) is 50.0 Å². The highest BCUT2D eigenvalue weighted by atomic mass is 32.2. The fraction of sp³-hybridized carbons (Fsp3) is 0.306. The van der Waals surface area contributed by atoms with E-state index in [1.165, 1.54) is 47.0 Å². The number of allylic oxidation sites excluding steroid dienone is 1. The minimum atomic E-state index is -4.75. The summed E-state index contributed by atoms with van der Waals surface area (Å²) in [7, 11) is 0. The molecule has 1 N–H and O–H groups in total. The van der Waals surface area contributed by atoms with Crippen molar-refractivity contribution in [2.75, 3.05) is 10.7 Å². The normalized spacial score (nSPS) is 15.7. The lowest BCUT2D eigenvalue weighted by Gasteiger charge is -2.22. The van der Waals surface area contributed by atoms with Gasteiger partial charge < -0.3 is 10.1 Å². The van der Waals surface area contributed by atoms with Crippen molar-refractivity contribution >= 4 is 34.6 Å². The molecule has 1 saturated heterocycles. The first-order chi connectivity index (χ1) is 23.3. The molecule has 1 aliphatic rings. The highest BCUT2D eigenvalue weighted by Crippen LogP contribution is 2.34. The summed E-state index contributed by atoms with van der Waals surface area (Å²) in [6, 6.07) is 18.5. The Kier molecular flexibility index (Phi) is 10.9. The summed E-state index contributed by atoms with van der Waals surface area (Å²) in [5.41, 5.74) is 5.22. The number of amidine groups is 1. The third-order valence-corrected chi connectivity index (χ3v) is 8.74. The van der Waals surface area contributed by atoms with Crippen LogP contribution in [0, 0.1) is 6.92 Å². The average Bonchev–Trinajstić information content (AvgIpc) is 3.67. The number of carbonyl (C=O) groups is 2. The maximum Gasteiger partial charge on any atom is 0.573 e. The number of amides is 3. The topological polar surface area (TPSA) is 102 Å². The van der Waals surface area contributed by atoms with E-state index < -0.39 is 12.4 Å². The lowest BCUT2D eigenvalue weighted by molar-refractivity contribution is -0.274. The molecule has 3 amide bonds. The van der Waals surface area contributed by atoms with E-state index in [1.54, 1.807) is 4.90 Å². The van der Waals surface area contributed by atoms with E-state index in [0.717, 1.165) is 27.9 Å². The SMILES string of the molecule is Cc1ccc(C(C)C)c(N2C(=O)CSC2=NC(=O)NC(C)C/C=C/C(C)c2ccc(-c3ncn(-c4ccc(OC(F)(F)F)cc4)n3)cc2)c1. The summed E-state index contributed by atoms with van der Waals surface area (Å²) in [5, 5.41) is 7.75. The minimum absolute atomic E-state index is 0.0964. The van der Waals surface area contributed by atoms with Gasteiger partial charge in [-0.25, -0.2) is 14.5 Å². The first-order valence-electron chi connectivity index (χ1n) is 15.8. The first kappa shape index (κ1) is 35.4. The molecule has 1 aliphatic heterocycles. The Morgan fingerprint density at radius 3 is 2.45 bits per heavy atom. The van der Waals surface area contributed by atoms with Crippen LogP contribution in [0.25, 0.3) is 17.1 Å². The van der Waals surface area contributed by atoms with Gasteiger partial charge in [-0.2, -0.15) is 4.99 Å². The van der Waals surface area contributed by atoms with Gasteiger partial charge in [0.05, 0.1) is 17.1 Å². The van der Waals surface area contributed by atoms with Crippen molar-refractivity contribution in [3.63, 3.8) is 0 Å². The lowest BCUT2D eigenvalue weighted by Crippen LogP contribution is -2.34. The number of hydrogen-bond acceptors (Lipinski definition) is 6. The summed E-state index contributed by atoms with van der Waals surface area (Å²) in [6.45, 7) is 10.1. The molecule has 0 aliphatic carbocycles. The maximum absolute atomic E-state index is 12.9. The summed E-state index contributed by atoms with van der Waals surface area (Å²) in [5.74, 6) is 0.591. The highest BCUT2D eigenvalue weighted by molar-refractivity contribution is 8.15. The van der Waals surface area contributed by atoms with Gasteiger partial charge in [-0.1, -0.05) is 81.1 Å². The zero-order valence-electron chi connectivity index (χ0n) is 27.7. The number of thioether (sulfide) groups is 1. The molecule has 2 unspecified atom stereocenters. The van der Waals surface area contributed by atoms with Gasteiger partial charge in [0.1, 0.15) is 12.1 Å². The Labute approximate surface area is 287 Å². The third kappa shape index (κ3) is 9.17. The van der Waals surface area contributed by atoms with Gasteiger partial charge in [-0.15, -0.1) is 18.3 Å². The number of nitrogens with one attached hydrogen (secondary N) is 1. The van der Waals surface area contributed by atoms with Crippen molar-refractivity contribution < 1.29 is 27.5 Å². The molecule has 0 saturated carbocycles. The molecule has 5 rings (SSSR count). The molecule has 0 spiro atoms. The van der Waals surface area contributed by atoms with E-state index in [9.17, 15) is 22.8 Å². The summed E-state index contributed by atoms with van der Waals surface area (Å²) in [6.07, 6.45) is 1.42. The second-order valence-corrected chi connectivity index (χ2v) is 13.1. The van der Waals surface area contributed by atoms with E-state index in [0.29, 0.717) is 23.1 Å². The zero-order chi connectivity index (χ0) is 35.3. The third-order valence-electron chi connectivity index (χ3n) is 7.82. The number of rotatable bonds is 10. The van der Waals surface area contributed by atoms with Crippen LogP contribution in [0.4, 0.5) is 23.7 Å². The Morgan fingerprint density at radius 2 is 1.78 bits per heavy atom. The largest absolute Gasteiger partial charge is 0.573 e. The van der Waals surface area contributed by atoms with Crippen molar-refractivity contribution in [3.8, 4) is 22.8 Å². The van der Waals surface area contributed by atoms with Crippen molar-refractivity contribution in [3.05, 3.63) is 102 Å². The molecule has 0 radical (unpaired) electrons. The van der Waals surface area contributed by atoms with Crippen molar-refractivity contribution in [1.82, 2.24) is 20.1 Å². The molecule has 1 fully saturated rings. The number of halogens is 3. The van der Waals surface area contributed by atoms with Crippen molar-refractivity contribution in [1.29, 1.82) is 0 Å². The number of ether oxygens (including phenoxy) is 1. The number of aliphatic imine (C=N–C) groups is 1. The second-order valence-electron chi connectivity index (χ2n) is 12.1. The van der Waals surface area contributed by atoms with Crippen LogP contribution in [0.15, 0.2) is 90.2 Å². The van der Waals surface area contributed by atoms with Gasteiger partial charge in [0.15, 0.2) is 11.0 Å². The molecule has 4 aromatic rings. The number of hydrogen-bond donors (Lipinski definition) is 1. The van der Waals surface area contributed by atoms with Gasteiger partial charge in [-0.05, 0) is 79.1 Å². The summed E-state index contributed by atoms with van der Waals surface area (Å²) >= 11 is 1.26. The Balaban J connectivity index is 1.15. The van der Waals surface area contributed by atoms with Crippen LogP contribution in [0.2, 0.25) is 0 Å². The predicted molar refractivity (Wildman–Crippen MR) is 186 cm³/mol. The minimum Gasteiger partial charge on any atom is -0.406 e. The maximum atomic E-state index is 12.9. The monoisotopic (exact) mass is 690 g/mol. The lowest BCUT2D eigenvalue weighted by atomic mass is 9.98. The van der Waals surface area contributed by atoms with Crippen LogP contribution < -0.4 is 15.0 Å². The van der Waals surface area contributed by atoms with E-state index in [2.05, 4.69) is 52.0 Å². The van der Waals surface area contributed by atoms with Crippen LogP contribution in [0.5, 0.6) is 5.75 Å². The summed E-state index contributed by atoms with van der Waals surface area (Å²) < 4.78 is 42.7. The first-order valence-corrected chi connectivity index (χ1v) is 16.8. The van der Waals surface area contributed by atoms with E-state index >= 15 is 0 Å². The molecule has 1 aromatic heterocycles. The molecule has 2 heterocycles. The van der Waals surface area contributed by atoms with E-state index in [-0.39, 0.29) is 35.3 Å². The number of alkyl halides is 3. The fourth-order valence-electron chi connectivity index (χ4n) is 5.26. The highest BCUT2D eigenvalue weighted by Gasteiger charge is 2.33. The molecule has 9 nitrogen and oxygen atoms in total. The van der Waals surface area contributed by atoms with Gasteiger partial charge in [-0.3, -0.25) is 9.69 Å². The molecule has 0 bridgehead atoms. The number of aryl methyl sites for hydroxylation is 1. The number of urea groups is 1. The second kappa shape index (κ2) is 15.1. The van der Waals surface area contributed by atoms with Gasteiger partial charge in [0.2, 0.25) is 5.91 Å². The van der Waals surface area contributed by atoms with E-state index in [4.69, 9.17) is 0 Å². The number of benzene rings is 3. The van der Waals surface area contributed by atoms with Gasteiger partial charge in [0, 0.05) is 11.6 Å². The Bertz CT molecular complexity index is 1850. The van der Waals surface area contributed by atoms with Crippen LogP contribution in [0.1, 0.15) is 62.6 Å². The quantitative estimate of drug-likeness (QED) is 0.167. The van der Waals surface area contributed by atoms with Gasteiger partial charge in [0.25, 0.3) is 0 Å². The van der Waals surface area contributed by atoms with Crippen molar-refractivity contribution in [2.45, 2.75) is 65.3 Å². The molecular formula is C36H37F3N6O3S. The number of anilines is 1. The van der Waals surface area contributed by atoms with Crippen LogP contribution in [0.3, 0.4) is 0 Å². The number of carbonyl (C=O) groups excluding carboxylic acids is 2. The number of aromatic nitrogens is 3. The van der Waals surface area contributed by atoms with Crippen LogP contribution >= 0.6 is 11.8 Å². The molecule has 256 valence electrons. The average molecular weight is 691 g/mol. The van der Waals surface area contributed by atoms with Gasteiger partial charge >= 0.3 is 12.4 Å². The molecule has 49 heavy (non-hydrogen) atoms. The molecule has 13 heteroatoms. The molecule has 3 aromatic carbocycles. The van der Waals surface area contributed by atoms with E-state index in [1.807, 2.05) is 62.4 Å². The molecule has 2 atom stereocenters. The fourth-order valence-corrected chi connectivity index (χ4v) is 6.12. The standard InChI is InChI=1S/C36H37F3N6O3S/c1-22(2)30-18-9-23(3)19-31(30)45-32(46)20-49-35(45)42-34(47)41-25(5)8-6-7-24(4)26-10-12-27(13-11-26)33-40-21-44(43-33)28-14-16-29(17-15-28)48-36(37,38)39/h6-7,9-19,21-22,24-25H,8,20H2,1-5H3,(H,41,47)/b7-6+,42-35?. The Hall–Kier alpha value is -4.91.